The summed E-state index contributed by atoms with van der Waals surface area (Å²) in [4.78, 5) is 11.4. The zero-order chi connectivity index (χ0) is 15.1. The molecule has 2 aromatic carbocycles. The molecular formula is C16H15FO4. The van der Waals surface area contributed by atoms with Gasteiger partial charge in [-0.15, -0.1) is 0 Å². The van der Waals surface area contributed by atoms with E-state index >= 15 is 0 Å². The van der Waals surface area contributed by atoms with Gasteiger partial charge >= 0.3 is 5.97 Å². The van der Waals surface area contributed by atoms with Crippen molar-refractivity contribution in [3.8, 4) is 11.5 Å². The minimum absolute atomic E-state index is 0.307. The molecule has 110 valence electrons. The molecule has 0 unspecified atom stereocenters. The Morgan fingerprint density at radius 3 is 2.33 bits per heavy atom. The second-order valence-electron chi connectivity index (χ2n) is 4.17. The molecule has 0 bridgehead atoms. The molecule has 21 heavy (non-hydrogen) atoms. The Morgan fingerprint density at radius 2 is 1.67 bits per heavy atom. The maximum atomic E-state index is 12.7. The molecule has 0 spiro atoms. The summed E-state index contributed by atoms with van der Waals surface area (Å²) >= 11 is 0. The van der Waals surface area contributed by atoms with E-state index in [4.69, 9.17) is 9.47 Å². The highest BCUT2D eigenvalue weighted by Crippen LogP contribution is 2.14. The average Bonchev–Trinajstić information content (AvgIpc) is 2.53. The second kappa shape index (κ2) is 7.28. The fraction of sp³-hybridized carbons (Fsp3) is 0.188. The summed E-state index contributed by atoms with van der Waals surface area (Å²) in [5.74, 6) is 0.408. The number of hydrogen-bond donors (Lipinski definition) is 0. The Balaban J connectivity index is 1.80. The van der Waals surface area contributed by atoms with Gasteiger partial charge < -0.3 is 14.2 Å². The Bertz CT molecular complexity index is 595. The lowest BCUT2D eigenvalue weighted by Gasteiger charge is -2.09. The first kappa shape index (κ1) is 14.8. The van der Waals surface area contributed by atoms with Crippen molar-refractivity contribution < 1.29 is 23.4 Å². The number of rotatable bonds is 6. The predicted octanol–water partition coefficient (Wildman–Crippen LogP) is 3.07. The number of benzene rings is 2. The van der Waals surface area contributed by atoms with Gasteiger partial charge in [0.25, 0.3) is 0 Å². The summed E-state index contributed by atoms with van der Waals surface area (Å²) in [6.45, 7) is 0.621. The van der Waals surface area contributed by atoms with E-state index in [-0.39, 0.29) is 5.82 Å². The van der Waals surface area contributed by atoms with Crippen molar-refractivity contribution in [3.05, 3.63) is 59.9 Å². The molecule has 0 saturated carbocycles. The van der Waals surface area contributed by atoms with Crippen LogP contribution in [0.5, 0.6) is 11.5 Å². The van der Waals surface area contributed by atoms with Crippen molar-refractivity contribution in [1.29, 1.82) is 0 Å². The normalized spacial score (nSPS) is 10.0. The van der Waals surface area contributed by atoms with Gasteiger partial charge in [-0.05, 0) is 42.5 Å². The smallest absolute Gasteiger partial charge is 0.337 e. The van der Waals surface area contributed by atoms with Gasteiger partial charge in [-0.3, -0.25) is 0 Å². The zero-order valence-electron chi connectivity index (χ0n) is 11.5. The van der Waals surface area contributed by atoms with Crippen LogP contribution < -0.4 is 9.47 Å². The van der Waals surface area contributed by atoms with Crippen molar-refractivity contribution >= 4 is 5.97 Å². The first-order valence-corrected chi connectivity index (χ1v) is 6.38. The molecule has 2 rings (SSSR count). The fourth-order valence-corrected chi connectivity index (χ4v) is 1.68. The lowest BCUT2D eigenvalue weighted by molar-refractivity contribution is 0.0600. The fourth-order valence-electron chi connectivity index (χ4n) is 1.68. The van der Waals surface area contributed by atoms with E-state index in [1.54, 1.807) is 36.4 Å². The van der Waals surface area contributed by atoms with Gasteiger partial charge in [0.2, 0.25) is 0 Å². The molecule has 5 heteroatoms. The van der Waals surface area contributed by atoms with Crippen LogP contribution in [0, 0.1) is 5.82 Å². The standard InChI is InChI=1S/C16H15FO4/c1-19-16(18)12-3-2-4-15(11-12)21-10-9-20-14-7-5-13(17)6-8-14/h2-8,11H,9-10H2,1H3. The number of esters is 1. The molecule has 0 amide bonds. The molecule has 0 aromatic heterocycles. The van der Waals surface area contributed by atoms with E-state index in [1.807, 2.05) is 0 Å². The van der Waals surface area contributed by atoms with Gasteiger partial charge in [-0.2, -0.15) is 0 Å². The first-order chi connectivity index (χ1) is 10.2. The maximum absolute atomic E-state index is 12.7. The van der Waals surface area contributed by atoms with Crippen LogP contribution in [-0.4, -0.2) is 26.3 Å². The van der Waals surface area contributed by atoms with Crippen LogP contribution >= 0.6 is 0 Å². The third-order valence-corrected chi connectivity index (χ3v) is 2.69. The van der Waals surface area contributed by atoms with Crippen molar-refractivity contribution in [3.63, 3.8) is 0 Å². The molecule has 2 aromatic rings. The second-order valence-corrected chi connectivity index (χ2v) is 4.17. The Labute approximate surface area is 122 Å². The van der Waals surface area contributed by atoms with Crippen molar-refractivity contribution in [2.45, 2.75) is 0 Å². The van der Waals surface area contributed by atoms with Crippen LogP contribution in [0.25, 0.3) is 0 Å². The molecule has 0 aliphatic heterocycles. The number of halogens is 1. The number of methoxy groups -OCH3 is 1. The van der Waals surface area contributed by atoms with E-state index < -0.39 is 5.97 Å². The summed E-state index contributed by atoms with van der Waals surface area (Å²) in [6, 6.07) is 12.5. The molecule has 0 aliphatic rings. The lowest BCUT2D eigenvalue weighted by atomic mass is 10.2. The van der Waals surface area contributed by atoms with Crippen LogP contribution in [0.3, 0.4) is 0 Å². The van der Waals surface area contributed by atoms with Crippen molar-refractivity contribution in [1.82, 2.24) is 0 Å². The van der Waals surface area contributed by atoms with Crippen LogP contribution in [0.4, 0.5) is 4.39 Å². The molecule has 0 fully saturated rings. The monoisotopic (exact) mass is 290 g/mol. The number of ether oxygens (including phenoxy) is 3. The van der Waals surface area contributed by atoms with Gasteiger partial charge in [0.1, 0.15) is 30.5 Å². The Kier molecular flexibility index (Phi) is 5.15. The Morgan fingerprint density at radius 1 is 1.00 bits per heavy atom. The molecule has 0 heterocycles. The van der Waals surface area contributed by atoms with Crippen LogP contribution in [0.15, 0.2) is 48.5 Å². The lowest BCUT2D eigenvalue weighted by Crippen LogP contribution is -2.09. The van der Waals surface area contributed by atoms with E-state index in [9.17, 15) is 9.18 Å². The van der Waals surface area contributed by atoms with Crippen LogP contribution in [0.2, 0.25) is 0 Å². The van der Waals surface area contributed by atoms with Crippen molar-refractivity contribution in [2.75, 3.05) is 20.3 Å². The van der Waals surface area contributed by atoms with Gasteiger partial charge in [-0.1, -0.05) is 6.07 Å². The molecule has 0 N–H and O–H groups in total. The largest absolute Gasteiger partial charge is 0.490 e. The summed E-state index contributed by atoms with van der Waals surface area (Å²) in [7, 11) is 1.33. The third kappa shape index (κ3) is 4.49. The average molecular weight is 290 g/mol. The van der Waals surface area contributed by atoms with E-state index in [0.29, 0.717) is 30.3 Å². The minimum Gasteiger partial charge on any atom is -0.490 e. The highest BCUT2D eigenvalue weighted by molar-refractivity contribution is 5.89. The molecule has 4 nitrogen and oxygen atoms in total. The highest BCUT2D eigenvalue weighted by Gasteiger charge is 2.06. The van der Waals surface area contributed by atoms with Gasteiger partial charge in [-0.25, -0.2) is 9.18 Å². The first-order valence-electron chi connectivity index (χ1n) is 6.38. The molecular weight excluding hydrogens is 275 g/mol. The van der Waals surface area contributed by atoms with E-state index in [0.717, 1.165) is 0 Å². The SMILES string of the molecule is COC(=O)c1cccc(OCCOc2ccc(F)cc2)c1. The predicted molar refractivity (Wildman–Crippen MR) is 75.2 cm³/mol. The summed E-state index contributed by atoms with van der Waals surface area (Å²) in [5.41, 5.74) is 0.425. The number of carbonyl (C=O) groups excluding carboxylic acids is 1. The highest BCUT2D eigenvalue weighted by atomic mass is 19.1. The summed E-state index contributed by atoms with van der Waals surface area (Å²) in [6.07, 6.45) is 0. The van der Waals surface area contributed by atoms with E-state index in [1.165, 1.54) is 19.2 Å². The molecule has 0 atom stereocenters. The third-order valence-electron chi connectivity index (χ3n) is 2.69. The Hall–Kier alpha value is -2.56. The van der Waals surface area contributed by atoms with Crippen LogP contribution in [-0.2, 0) is 4.74 Å². The summed E-state index contributed by atoms with van der Waals surface area (Å²) in [5, 5.41) is 0. The summed E-state index contributed by atoms with van der Waals surface area (Å²) < 4.78 is 28.2. The topological polar surface area (TPSA) is 44.8 Å². The van der Waals surface area contributed by atoms with E-state index in [2.05, 4.69) is 4.74 Å². The van der Waals surface area contributed by atoms with Crippen LogP contribution in [0.1, 0.15) is 10.4 Å². The zero-order valence-corrected chi connectivity index (χ0v) is 11.5. The minimum atomic E-state index is -0.414. The van der Waals surface area contributed by atoms with Gasteiger partial charge in [0.05, 0.1) is 12.7 Å². The van der Waals surface area contributed by atoms with Gasteiger partial charge in [0, 0.05) is 0 Å². The number of hydrogen-bond acceptors (Lipinski definition) is 4. The van der Waals surface area contributed by atoms with Gasteiger partial charge in [0.15, 0.2) is 0 Å². The number of carbonyl (C=O) groups is 1. The molecule has 0 saturated heterocycles. The quantitative estimate of drug-likeness (QED) is 0.606. The molecule has 0 aliphatic carbocycles. The van der Waals surface area contributed by atoms with Crippen molar-refractivity contribution in [2.24, 2.45) is 0 Å². The molecule has 0 radical (unpaired) electrons. The maximum Gasteiger partial charge on any atom is 0.337 e.